The average molecular weight is 362 g/mol. The van der Waals surface area contributed by atoms with Crippen LogP contribution < -0.4 is 16.5 Å². The van der Waals surface area contributed by atoms with Crippen molar-refractivity contribution in [1.29, 1.82) is 0 Å². The van der Waals surface area contributed by atoms with E-state index in [0.29, 0.717) is 23.7 Å². The molecule has 0 aliphatic carbocycles. The molecule has 0 bridgehead atoms. The van der Waals surface area contributed by atoms with Crippen molar-refractivity contribution >= 4 is 28.8 Å². The topological polar surface area (TPSA) is 117 Å². The third-order valence-corrected chi connectivity index (χ3v) is 4.46. The van der Waals surface area contributed by atoms with E-state index in [2.05, 4.69) is 10.3 Å². The highest BCUT2D eigenvalue weighted by atomic mass is 32.1. The zero-order chi connectivity index (χ0) is 18.1. The number of anilines is 1. The number of hydroxylamine groups is 1. The first-order chi connectivity index (χ1) is 12.1. The van der Waals surface area contributed by atoms with Gasteiger partial charge in [0, 0.05) is 29.6 Å². The van der Waals surface area contributed by atoms with Gasteiger partial charge in [-0.05, 0) is 25.0 Å². The van der Waals surface area contributed by atoms with Crippen LogP contribution in [0.4, 0.5) is 5.69 Å². The molecule has 1 aromatic heterocycles. The van der Waals surface area contributed by atoms with Gasteiger partial charge in [-0.25, -0.2) is 10.5 Å². The second-order valence-electron chi connectivity index (χ2n) is 5.62. The summed E-state index contributed by atoms with van der Waals surface area (Å²) in [5.74, 6) is -0.548. The molecule has 0 fully saturated rings. The summed E-state index contributed by atoms with van der Waals surface area (Å²) in [6.07, 6.45) is 3.65. The Morgan fingerprint density at radius 3 is 2.76 bits per heavy atom. The lowest BCUT2D eigenvalue weighted by Gasteiger charge is -2.03. The number of unbranched alkanes of at least 4 members (excludes halogenated alkanes) is 3. The van der Waals surface area contributed by atoms with Gasteiger partial charge in [0.25, 0.3) is 5.91 Å². The predicted octanol–water partition coefficient (Wildman–Crippen LogP) is 2.58. The summed E-state index contributed by atoms with van der Waals surface area (Å²) in [5, 5.41) is 13.5. The molecule has 0 aliphatic heterocycles. The SMILES string of the molecule is Nc1cccc(-c2csc(C(=O)NCCCCCCC(=O)NO)n2)c1. The minimum atomic E-state index is -0.368. The summed E-state index contributed by atoms with van der Waals surface area (Å²) in [5.41, 5.74) is 9.66. The van der Waals surface area contributed by atoms with Crippen LogP contribution in [0.15, 0.2) is 29.6 Å². The van der Waals surface area contributed by atoms with Gasteiger partial charge >= 0.3 is 0 Å². The molecule has 5 N–H and O–H groups in total. The van der Waals surface area contributed by atoms with Crippen LogP contribution in [0.3, 0.4) is 0 Å². The lowest BCUT2D eigenvalue weighted by Crippen LogP contribution is -2.24. The highest BCUT2D eigenvalue weighted by Gasteiger charge is 2.11. The molecule has 0 aliphatic rings. The van der Waals surface area contributed by atoms with E-state index in [4.69, 9.17) is 10.9 Å². The van der Waals surface area contributed by atoms with Crippen LogP contribution in [0.2, 0.25) is 0 Å². The van der Waals surface area contributed by atoms with Crippen LogP contribution in [-0.4, -0.2) is 28.6 Å². The largest absolute Gasteiger partial charge is 0.399 e. The molecule has 134 valence electrons. The number of nitrogens with one attached hydrogen (secondary N) is 2. The fourth-order valence-corrected chi connectivity index (χ4v) is 3.05. The summed E-state index contributed by atoms with van der Waals surface area (Å²) >= 11 is 1.30. The molecule has 0 radical (unpaired) electrons. The standard InChI is InChI=1S/C17H22N4O3S/c18-13-7-5-6-12(10-13)14-11-25-17(20-14)16(23)19-9-4-2-1-3-8-15(22)21-24/h5-7,10-11,24H,1-4,8-9,18H2,(H,19,23)(H,21,22). The van der Waals surface area contributed by atoms with Crippen LogP contribution in [0.1, 0.15) is 41.9 Å². The fraction of sp³-hybridized carbons (Fsp3) is 0.353. The smallest absolute Gasteiger partial charge is 0.280 e. The number of aromatic nitrogens is 1. The number of hydrogen-bond donors (Lipinski definition) is 4. The molecule has 0 spiro atoms. The Balaban J connectivity index is 1.70. The van der Waals surface area contributed by atoms with Gasteiger partial charge in [-0.1, -0.05) is 25.0 Å². The van der Waals surface area contributed by atoms with Gasteiger partial charge in [0.2, 0.25) is 5.91 Å². The lowest BCUT2D eigenvalue weighted by molar-refractivity contribution is -0.129. The third-order valence-electron chi connectivity index (χ3n) is 3.62. The summed E-state index contributed by atoms with van der Waals surface area (Å²) in [7, 11) is 0. The van der Waals surface area contributed by atoms with Crippen LogP contribution >= 0.6 is 11.3 Å². The monoisotopic (exact) mass is 362 g/mol. The highest BCUT2D eigenvalue weighted by molar-refractivity contribution is 7.12. The van der Waals surface area contributed by atoms with Crippen molar-refractivity contribution in [2.45, 2.75) is 32.1 Å². The van der Waals surface area contributed by atoms with Gasteiger partial charge < -0.3 is 11.1 Å². The quantitative estimate of drug-likeness (QED) is 0.237. The van der Waals surface area contributed by atoms with E-state index in [-0.39, 0.29) is 11.8 Å². The minimum absolute atomic E-state index is 0.181. The van der Waals surface area contributed by atoms with E-state index in [1.165, 1.54) is 11.3 Å². The molecule has 0 atom stereocenters. The Morgan fingerprint density at radius 2 is 2.00 bits per heavy atom. The van der Waals surface area contributed by atoms with E-state index in [1.54, 1.807) is 11.5 Å². The summed E-state index contributed by atoms with van der Waals surface area (Å²) in [6.45, 7) is 0.568. The maximum atomic E-state index is 12.1. The van der Waals surface area contributed by atoms with Crippen molar-refractivity contribution < 1.29 is 14.8 Å². The Morgan fingerprint density at radius 1 is 1.20 bits per heavy atom. The molecule has 1 aromatic carbocycles. The maximum absolute atomic E-state index is 12.1. The second kappa shape index (κ2) is 9.75. The van der Waals surface area contributed by atoms with Gasteiger partial charge in [0.1, 0.15) is 0 Å². The second-order valence-corrected chi connectivity index (χ2v) is 6.48. The Hall–Kier alpha value is -2.45. The van der Waals surface area contributed by atoms with Crippen LogP contribution in [0.25, 0.3) is 11.3 Å². The predicted molar refractivity (Wildman–Crippen MR) is 97.3 cm³/mol. The van der Waals surface area contributed by atoms with Crippen molar-refractivity contribution in [1.82, 2.24) is 15.8 Å². The fourth-order valence-electron chi connectivity index (χ4n) is 2.31. The zero-order valence-corrected chi connectivity index (χ0v) is 14.6. The molecule has 2 rings (SSSR count). The average Bonchev–Trinajstić information content (AvgIpc) is 3.10. The molecule has 1 heterocycles. The number of amides is 2. The number of rotatable bonds is 9. The molecule has 0 saturated carbocycles. The van der Waals surface area contributed by atoms with Crippen molar-refractivity contribution in [3.05, 3.63) is 34.7 Å². The molecule has 0 unspecified atom stereocenters. The molecule has 25 heavy (non-hydrogen) atoms. The number of hydrogen-bond acceptors (Lipinski definition) is 6. The van der Waals surface area contributed by atoms with Crippen molar-refractivity contribution in [3.63, 3.8) is 0 Å². The number of nitrogens with two attached hydrogens (primary N) is 1. The molecular formula is C17H22N4O3S. The molecule has 2 amide bonds. The number of carbonyl (C=O) groups is 2. The number of carbonyl (C=O) groups excluding carboxylic acids is 2. The Bertz CT molecular complexity index is 717. The highest BCUT2D eigenvalue weighted by Crippen LogP contribution is 2.23. The van der Waals surface area contributed by atoms with Crippen molar-refractivity contribution in [2.75, 3.05) is 12.3 Å². The normalized spacial score (nSPS) is 10.4. The first-order valence-electron chi connectivity index (χ1n) is 8.12. The maximum Gasteiger partial charge on any atom is 0.280 e. The van der Waals surface area contributed by atoms with Crippen LogP contribution in [0, 0.1) is 0 Å². The zero-order valence-electron chi connectivity index (χ0n) is 13.8. The van der Waals surface area contributed by atoms with E-state index in [0.717, 1.165) is 36.9 Å². The van der Waals surface area contributed by atoms with Gasteiger partial charge in [-0.15, -0.1) is 11.3 Å². The van der Waals surface area contributed by atoms with E-state index >= 15 is 0 Å². The van der Waals surface area contributed by atoms with Gasteiger partial charge in [0.05, 0.1) is 5.69 Å². The number of nitrogens with zero attached hydrogens (tertiary/aromatic N) is 1. The number of benzene rings is 1. The molecule has 0 saturated heterocycles. The third kappa shape index (κ3) is 6.17. The summed E-state index contributed by atoms with van der Waals surface area (Å²) in [4.78, 5) is 27.3. The Labute approximate surface area is 150 Å². The van der Waals surface area contributed by atoms with Gasteiger partial charge in [-0.3, -0.25) is 14.8 Å². The van der Waals surface area contributed by atoms with Crippen LogP contribution in [-0.2, 0) is 4.79 Å². The van der Waals surface area contributed by atoms with Crippen molar-refractivity contribution in [3.8, 4) is 11.3 Å². The van der Waals surface area contributed by atoms with E-state index in [1.807, 2.05) is 23.6 Å². The molecule has 2 aromatic rings. The summed E-state index contributed by atoms with van der Waals surface area (Å²) < 4.78 is 0. The number of nitrogen functional groups attached to an aromatic ring is 1. The Kier molecular flexibility index (Phi) is 7.36. The summed E-state index contributed by atoms with van der Waals surface area (Å²) in [6, 6.07) is 7.39. The van der Waals surface area contributed by atoms with Gasteiger partial charge in [-0.2, -0.15) is 0 Å². The van der Waals surface area contributed by atoms with Crippen LogP contribution in [0.5, 0.6) is 0 Å². The van der Waals surface area contributed by atoms with Crippen molar-refractivity contribution in [2.24, 2.45) is 0 Å². The van der Waals surface area contributed by atoms with Gasteiger partial charge in [0.15, 0.2) is 5.01 Å². The first-order valence-corrected chi connectivity index (χ1v) is 9.00. The lowest BCUT2D eigenvalue weighted by atomic mass is 10.1. The minimum Gasteiger partial charge on any atom is -0.399 e. The molecular weight excluding hydrogens is 340 g/mol. The van der Waals surface area contributed by atoms with E-state index in [9.17, 15) is 9.59 Å². The molecule has 8 heteroatoms. The number of thiazole rings is 1. The van der Waals surface area contributed by atoms with E-state index < -0.39 is 0 Å². The molecule has 7 nitrogen and oxygen atoms in total. The first kappa shape index (κ1) is 18.9.